The number of benzene rings is 1. The van der Waals surface area contributed by atoms with Crippen molar-refractivity contribution < 1.29 is 13.2 Å². The van der Waals surface area contributed by atoms with Crippen LogP contribution in [0.1, 0.15) is 5.56 Å². The normalized spacial score (nSPS) is 11.4. The Balaban J connectivity index is 1.79. The first kappa shape index (κ1) is 16.6. The topological polar surface area (TPSA) is 68.3 Å². The molecule has 2 heterocycles. The summed E-state index contributed by atoms with van der Waals surface area (Å²) in [5.74, 6) is 0.315. The summed E-state index contributed by atoms with van der Waals surface area (Å²) in [4.78, 5) is 5.41. The maximum atomic E-state index is 12.5. The van der Waals surface area contributed by atoms with E-state index in [9.17, 15) is 8.42 Å². The van der Waals surface area contributed by atoms with Gasteiger partial charge in [0, 0.05) is 29.4 Å². The first-order valence-corrected chi connectivity index (χ1v) is 9.57. The SMILES string of the molecule is COc1ccccc1S(=O)(=O)NCc1cncc(-c2cccs2)c1. The summed E-state index contributed by atoms with van der Waals surface area (Å²) >= 11 is 1.61. The van der Waals surface area contributed by atoms with E-state index in [0.29, 0.717) is 5.75 Å². The minimum Gasteiger partial charge on any atom is -0.495 e. The number of thiophene rings is 1. The molecule has 5 nitrogen and oxygen atoms in total. The van der Waals surface area contributed by atoms with Crippen molar-refractivity contribution in [3.63, 3.8) is 0 Å². The van der Waals surface area contributed by atoms with Crippen molar-refractivity contribution in [3.05, 3.63) is 65.8 Å². The number of rotatable bonds is 6. The third-order valence-corrected chi connectivity index (χ3v) is 5.79. The van der Waals surface area contributed by atoms with Crippen molar-refractivity contribution in [2.45, 2.75) is 11.4 Å². The lowest BCUT2D eigenvalue weighted by Crippen LogP contribution is -2.23. The van der Waals surface area contributed by atoms with Crippen LogP contribution in [0, 0.1) is 0 Å². The van der Waals surface area contributed by atoms with Gasteiger partial charge in [-0.2, -0.15) is 0 Å². The lowest BCUT2D eigenvalue weighted by molar-refractivity contribution is 0.402. The highest BCUT2D eigenvalue weighted by atomic mass is 32.2. The van der Waals surface area contributed by atoms with E-state index in [4.69, 9.17) is 4.74 Å². The van der Waals surface area contributed by atoms with E-state index < -0.39 is 10.0 Å². The van der Waals surface area contributed by atoms with Crippen LogP contribution in [-0.2, 0) is 16.6 Å². The Morgan fingerprint density at radius 2 is 2.00 bits per heavy atom. The molecule has 1 aromatic carbocycles. The molecule has 0 atom stereocenters. The maximum Gasteiger partial charge on any atom is 0.244 e. The van der Waals surface area contributed by atoms with E-state index in [1.165, 1.54) is 13.2 Å². The molecule has 0 aliphatic carbocycles. The quantitative estimate of drug-likeness (QED) is 0.732. The predicted molar refractivity (Wildman–Crippen MR) is 94.6 cm³/mol. The highest BCUT2D eigenvalue weighted by molar-refractivity contribution is 7.89. The van der Waals surface area contributed by atoms with Gasteiger partial charge in [0.2, 0.25) is 10.0 Å². The van der Waals surface area contributed by atoms with Gasteiger partial charge < -0.3 is 4.74 Å². The number of aromatic nitrogens is 1. The largest absolute Gasteiger partial charge is 0.495 e. The Morgan fingerprint density at radius 1 is 1.17 bits per heavy atom. The maximum absolute atomic E-state index is 12.5. The van der Waals surface area contributed by atoms with Crippen LogP contribution in [0.4, 0.5) is 0 Å². The molecule has 0 saturated carbocycles. The summed E-state index contributed by atoms with van der Waals surface area (Å²) in [5.41, 5.74) is 1.76. The Kier molecular flexibility index (Phi) is 4.94. The van der Waals surface area contributed by atoms with Gasteiger partial charge in [0.15, 0.2) is 0 Å². The van der Waals surface area contributed by atoms with E-state index in [0.717, 1.165) is 16.0 Å². The zero-order valence-electron chi connectivity index (χ0n) is 13.0. The molecule has 0 radical (unpaired) electrons. The average molecular weight is 360 g/mol. The van der Waals surface area contributed by atoms with Crippen LogP contribution in [0.25, 0.3) is 10.4 Å². The highest BCUT2D eigenvalue weighted by Gasteiger charge is 2.18. The highest BCUT2D eigenvalue weighted by Crippen LogP contribution is 2.25. The molecular formula is C17H16N2O3S2. The van der Waals surface area contributed by atoms with Crippen molar-refractivity contribution in [3.8, 4) is 16.2 Å². The van der Waals surface area contributed by atoms with Gasteiger partial charge in [0.25, 0.3) is 0 Å². The van der Waals surface area contributed by atoms with Crippen molar-refractivity contribution in [2.24, 2.45) is 0 Å². The standard InChI is InChI=1S/C17H16N2O3S2/c1-22-15-5-2-3-7-17(15)24(20,21)19-11-13-9-14(12-18-10-13)16-6-4-8-23-16/h2-10,12,19H,11H2,1H3. The summed E-state index contributed by atoms with van der Waals surface area (Å²) in [5, 5.41) is 1.99. The first-order valence-electron chi connectivity index (χ1n) is 7.20. The first-order chi connectivity index (χ1) is 11.6. The van der Waals surface area contributed by atoms with Gasteiger partial charge in [0.05, 0.1) is 7.11 Å². The number of nitrogens with one attached hydrogen (secondary N) is 1. The minimum atomic E-state index is -3.67. The zero-order chi connectivity index (χ0) is 17.0. The third-order valence-electron chi connectivity index (χ3n) is 3.43. The molecule has 0 unspecified atom stereocenters. The number of nitrogens with zero attached hydrogens (tertiary/aromatic N) is 1. The number of para-hydroxylation sites is 1. The molecule has 24 heavy (non-hydrogen) atoms. The fourth-order valence-corrected chi connectivity index (χ4v) is 4.15. The molecule has 7 heteroatoms. The van der Waals surface area contributed by atoms with E-state index in [1.54, 1.807) is 41.9 Å². The molecule has 0 amide bonds. The molecule has 1 N–H and O–H groups in total. The van der Waals surface area contributed by atoms with Gasteiger partial charge >= 0.3 is 0 Å². The fraction of sp³-hybridized carbons (Fsp3) is 0.118. The van der Waals surface area contributed by atoms with Crippen LogP contribution in [0.5, 0.6) is 5.75 Å². The van der Waals surface area contributed by atoms with Crippen molar-refractivity contribution >= 4 is 21.4 Å². The Labute approximate surface area is 145 Å². The monoisotopic (exact) mass is 360 g/mol. The van der Waals surface area contributed by atoms with Crippen LogP contribution in [0.2, 0.25) is 0 Å². The van der Waals surface area contributed by atoms with Crippen LogP contribution in [0.3, 0.4) is 0 Å². The van der Waals surface area contributed by atoms with Crippen molar-refractivity contribution in [1.82, 2.24) is 9.71 Å². The van der Waals surface area contributed by atoms with E-state index >= 15 is 0 Å². The number of sulfonamides is 1. The Hall–Kier alpha value is -2.22. The molecular weight excluding hydrogens is 344 g/mol. The lowest BCUT2D eigenvalue weighted by Gasteiger charge is -2.10. The van der Waals surface area contributed by atoms with Gasteiger partial charge in [-0.3, -0.25) is 4.98 Å². The van der Waals surface area contributed by atoms with Crippen molar-refractivity contribution in [2.75, 3.05) is 7.11 Å². The number of pyridine rings is 1. The van der Waals surface area contributed by atoms with E-state index in [1.807, 2.05) is 23.6 Å². The second kappa shape index (κ2) is 7.12. The Morgan fingerprint density at radius 3 is 2.75 bits per heavy atom. The molecule has 2 aromatic heterocycles. The average Bonchev–Trinajstić information content (AvgIpc) is 3.15. The molecule has 3 aromatic rings. The summed E-state index contributed by atoms with van der Waals surface area (Å²) in [6.45, 7) is 0.159. The van der Waals surface area contributed by atoms with Gasteiger partial charge in [-0.15, -0.1) is 11.3 Å². The molecule has 0 fully saturated rings. The smallest absolute Gasteiger partial charge is 0.244 e. The second-order valence-electron chi connectivity index (χ2n) is 5.03. The summed E-state index contributed by atoms with van der Waals surface area (Å²) < 4.78 is 32.7. The second-order valence-corrected chi connectivity index (χ2v) is 7.72. The molecule has 0 aliphatic rings. The van der Waals surface area contributed by atoms with Gasteiger partial charge in [-0.25, -0.2) is 13.1 Å². The van der Waals surface area contributed by atoms with Gasteiger partial charge in [-0.05, 0) is 35.2 Å². The molecule has 0 saturated heterocycles. The Bertz CT molecular complexity index is 923. The summed E-state index contributed by atoms with van der Waals surface area (Å²) in [7, 11) is -2.22. The number of ether oxygens (including phenoxy) is 1. The number of hydrogen-bond acceptors (Lipinski definition) is 5. The van der Waals surface area contributed by atoms with Crippen LogP contribution in [0.15, 0.2) is 65.1 Å². The van der Waals surface area contributed by atoms with Crippen LogP contribution < -0.4 is 9.46 Å². The van der Waals surface area contributed by atoms with Gasteiger partial charge in [-0.1, -0.05) is 18.2 Å². The number of hydrogen-bond donors (Lipinski definition) is 1. The number of methoxy groups -OCH3 is 1. The van der Waals surface area contributed by atoms with E-state index in [-0.39, 0.29) is 11.4 Å². The molecule has 0 bridgehead atoms. The third kappa shape index (κ3) is 3.64. The van der Waals surface area contributed by atoms with Gasteiger partial charge in [0.1, 0.15) is 10.6 Å². The summed E-state index contributed by atoms with van der Waals surface area (Å²) in [6.07, 6.45) is 3.42. The zero-order valence-corrected chi connectivity index (χ0v) is 14.6. The lowest BCUT2D eigenvalue weighted by atomic mass is 10.2. The van der Waals surface area contributed by atoms with Crippen molar-refractivity contribution in [1.29, 1.82) is 0 Å². The van der Waals surface area contributed by atoms with E-state index in [2.05, 4.69) is 9.71 Å². The summed E-state index contributed by atoms with van der Waals surface area (Å²) in [6, 6.07) is 12.4. The molecule has 0 spiro atoms. The van der Waals surface area contributed by atoms with Crippen LogP contribution >= 0.6 is 11.3 Å². The molecule has 0 aliphatic heterocycles. The van der Waals surface area contributed by atoms with Crippen LogP contribution in [-0.4, -0.2) is 20.5 Å². The molecule has 3 rings (SSSR count). The fourth-order valence-electron chi connectivity index (χ4n) is 2.26. The molecule has 124 valence electrons. The predicted octanol–water partition coefficient (Wildman–Crippen LogP) is 3.30. The minimum absolute atomic E-state index is 0.120.